The van der Waals surface area contributed by atoms with E-state index in [1.165, 1.54) is 22.3 Å². The molecule has 4 aromatic rings. The van der Waals surface area contributed by atoms with Crippen LogP contribution >= 0.6 is 0 Å². The molecule has 0 fully saturated rings. The largest absolute Gasteiger partial charge is 0.381 e. The summed E-state index contributed by atoms with van der Waals surface area (Å²) in [6.07, 6.45) is 3.59. The number of rotatable bonds is 4. The first-order valence-corrected chi connectivity index (χ1v) is 9.56. The van der Waals surface area contributed by atoms with Gasteiger partial charge in [0.25, 0.3) is 0 Å². The molecule has 5 rings (SSSR count). The first kappa shape index (κ1) is 16.8. The first-order chi connectivity index (χ1) is 13.6. The molecule has 1 aliphatic carbocycles. The zero-order valence-electron chi connectivity index (χ0n) is 16.0. The van der Waals surface area contributed by atoms with Gasteiger partial charge in [-0.05, 0) is 23.3 Å². The molecular weight excluding hydrogens is 344 g/mol. The van der Waals surface area contributed by atoms with E-state index in [0.717, 1.165) is 29.2 Å². The van der Waals surface area contributed by atoms with Crippen LogP contribution in [0.25, 0.3) is 22.5 Å². The molecule has 0 saturated heterocycles. The molecule has 4 nitrogen and oxygen atoms in total. The Labute approximate surface area is 164 Å². The van der Waals surface area contributed by atoms with E-state index in [2.05, 4.69) is 82.9 Å². The Morgan fingerprint density at radius 1 is 0.929 bits per heavy atom. The van der Waals surface area contributed by atoms with Crippen molar-refractivity contribution in [3.8, 4) is 22.5 Å². The molecule has 0 saturated carbocycles. The second-order valence-electron chi connectivity index (χ2n) is 7.78. The molecule has 1 aliphatic rings. The van der Waals surface area contributed by atoms with Crippen molar-refractivity contribution in [3.05, 3.63) is 89.7 Å². The van der Waals surface area contributed by atoms with Crippen molar-refractivity contribution < 1.29 is 0 Å². The molecule has 2 aromatic carbocycles. The van der Waals surface area contributed by atoms with Gasteiger partial charge in [-0.3, -0.25) is 10.1 Å². The van der Waals surface area contributed by atoms with Crippen LogP contribution in [0.2, 0.25) is 0 Å². The molecule has 0 aliphatic heterocycles. The highest BCUT2D eigenvalue weighted by atomic mass is 15.1. The van der Waals surface area contributed by atoms with Crippen LogP contribution in [0, 0.1) is 0 Å². The number of aromatic amines is 1. The number of anilines is 1. The number of aromatic nitrogens is 3. The molecule has 2 heterocycles. The van der Waals surface area contributed by atoms with Crippen molar-refractivity contribution in [3.63, 3.8) is 0 Å². The van der Waals surface area contributed by atoms with Crippen molar-refractivity contribution in [1.29, 1.82) is 0 Å². The molecule has 0 amide bonds. The predicted octanol–water partition coefficient (Wildman–Crippen LogP) is 5.39. The molecule has 0 unspecified atom stereocenters. The zero-order valence-corrected chi connectivity index (χ0v) is 16.0. The lowest BCUT2D eigenvalue weighted by molar-refractivity contribution is 0.662. The Hall–Kier alpha value is -3.40. The minimum atomic E-state index is -0.0597. The first-order valence-electron chi connectivity index (χ1n) is 9.56. The Morgan fingerprint density at radius 3 is 2.46 bits per heavy atom. The summed E-state index contributed by atoms with van der Waals surface area (Å²) < 4.78 is 0. The van der Waals surface area contributed by atoms with Crippen LogP contribution in [-0.4, -0.2) is 15.2 Å². The molecule has 138 valence electrons. The van der Waals surface area contributed by atoms with Gasteiger partial charge >= 0.3 is 0 Å². The summed E-state index contributed by atoms with van der Waals surface area (Å²) in [6, 6.07) is 21.2. The zero-order chi connectivity index (χ0) is 19.1. The SMILES string of the molecule is CC1(C)c2ccccc2-c2[nH]nc(-c3ccc(CNc4ccncc4)cc3)c21. The molecule has 28 heavy (non-hydrogen) atoms. The second kappa shape index (κ2) is 6.34. The number of nitrogens with one attached hydrogen (secondary N) is 2. The van der Waals surface area contributed by atoms with E-state index >= 15 is 0 Å². The molecular formula is C24H22N4. The Morgan fingerprint density at radius 2 is 1.68 bits per heavy atom. The average molecular weight is 366 g/mol. The van der Waals surface area contributed by atoms with E-state index in [-0.39, 0.29) is 5.41 Å². The fraction of sp³-hybridized carbons (Fsp3) is 0.167. The Balaban J connectivity index is 1.44. The summed E-state index contributed by atoms with van der Waals surface area (Å²) in [7, 11) is 0. The van der Waals surface area contributed by atoms with E-state index in [0.29, 0.717) is 0 Å². The Bertz CT molecular complexity index is 1130. The van der Waals surface area contributed by atoms with Gasteiger partial charge in [0.15, 0.2) is 0 Å². The van der Waals surface area contributed by atoms with Crippen LogP contribution in [0.4, 0.5) is 5.69 Å². The molecule has 0 radical (unpaired) electrons. The minimum absolute atomic E-state index is 0.0597. The van der Waals surface area contributed by atoms with E-state index in [4.69, 9.17) is 0 Å². The summed E-state index contributed by atoms with van der Waals surface area (Å²) in [5.41, 5.74) is 9.50. The van der Waals surface area contributed by atoms with Crippen LogP contribution in [0.15, 0.2) is 73.1 Å². The topological polar surface area (TPSA) is 53.6 Å². The molecule has 0 atom stereocenters. The molecule has 0 spiro atoms. The van der Waals surface area contributed by atoms with Gasteiger partial charge in [-0.15, -0.1) is 0 Å². The normalized spacial score (nSPS) is 13.8. The van der Waals surface area contributed by atoms with Crippen LogP contribution in [0.5, 0.6) is 0 Å². The highest BCUT2D eigenvalue weighted by Gasteiger charge is 2.39. The third-order valence-corrected chi connectivity index (χ3v) is 5.67. The number of hydrogen-bond donors (Lipinski definition) is 2. The number of H-pyrrole nitrogens is 1. The summed E-state index contributed by atoms with van der Waals surface area (Å²) in [5, 5.41) is 11.4. The van der Waals surface area contributed by atoms with E-state index in [1.807, 2.05) is 12.1 Å². The number of benzene rings is 2. The van der Waals surface area contributed by atoms with Gasteiger partial charge in [0, 0.05) is 46.7 Å². The van der Waals surface area contributed by atoms with Crippen molar-refractivity contribution in [1.82, 2.24) is 15.2 Å². The second-order valence-corrected chi connectivity index (χ2v) is 7.78. The maximum absolute atomic E-state index is 4.68. The third kappa shape index (κ3) is 2.61. The summed E-state index contributed by atoms with van der Waals surface area (Å²) >= 11 is 0. The summed E-state index contributed by atoms with van der Waals surface area (Å²) in [6.45, 7) is 5.34. The number of nitrogens with zero attached hydrogens (tertiary/aromatic N) is 2. The van der Waals surface area contributed by atoms with Crippen LogP contribution in [0.1, 0.15) is 30.5 Å². The van der Waals surface area contributed by atoms with Crippen LogP contribution < -0.4 is 5.32 Å². The quantitative estimate of drug-likeness (QED) is 0.509. The molecule has 2 aromatic heterocycles. The smallest absolute Gasteiger partial charge is 0.0968 e. The maximum Gasteiger partial charge on any atom is 0.0968 e. The fourth-order valence-electron chi connectivity index (χ4n) is 4.19. The number of pyridine rings is 1. The van der Waals surface area contributed by atoms with Gasteiger partial charge in [0.1, 0.15) is 0 Å². The highest BCUT2D eigenvalue weighted by Crippen LogP contribution is 2.50. The van der Waals surface area contributed by atoms with Gasteiger partial charge in [0.05, 0.1) is 11.4 Å². The van der Waals surface area contributed by atoms with E-state index < -0.39 is 0 Å². The standard InChI is InChI=1S/C24H22N4/c1-24(2)20-6-4-3-5-19(20)23-21(24)22(27-28-23)17-9-7-16(8-10-17)15-26-18-11-13-25-14-12-18/h3-14H,15H2,1-2H3,(H,25,26)(H,27,28). The molecule has 2 N–H and O–H groups in total. The van der Waals surface area contributed by atoms with E-state index in [1.54, 1.807) is 12.4 Å². The third-order valence-electron chi connectivity index (χ3n) is 5.67. The van der Waals surface area contributed by atoms with Crippen LogP contribution in [-0.2, 0) is 12.0 Å². The maximum atomic E-state index is 4.68. The van der Waals surface area contributed by atoms with Crippen molar-refractivity contribution in [2.45, 2.75) is 25.8 Å². The van der Waals surface area contributed by atoms with Gasteiger partial charge in [-0.1, -0.05) is 62.4 Å². The Kier molecular flexibility index (Phi) is 3.79. The minimum Gasteiger partial charge on any atom is -0.381 e. The lowest BCUT2D eigenvalue weighted by Crippen LogP contribution is -2.15. The van der Waals surface area contributed by atoms with Gasteiger partial charge in [0.2, 0.25) is 0 Å². The van der Waals surface area contributed by atoms with Gasteiger partial charge in [-0.2, -0.15) is 5.10 Å². The van der Waals surface area contributed by atoms with Gasteiger partial charge in [-0.25, -0.2) is 0 Å². The lowest BCUT2D eigenvalue weighted by Gasteiger charge is -2.21. The molecule has 4 heteroatoms. The monoisotopic (exact) mass is 366 g/mol. The lowest BCUT2D eigenvalue weighted by atomic mass is 9.81. The highest BCUT2D eigenvalue weighted by molar-refractivity contribution is 5.84. The van der Waals surface area contributed by atoms with Crippen molar-refractivity contribution in [2.24, 2.45) is 0 Å². The van der Waals surface area contributed by atoms with Crippen molar-refractivity contribution >= 4 is 5.69 Å². The van der Waals surface area contributed by atoms with Crippen LogP contribution in [0.3, 0.4) is 0 Å². The average Bonchev–Trinajstić information content (AvgIpc) is 3.27. The van der Waals surface area contributed by atoms with E-state index in [9.17, 15) is 0 Å². The van der Waals surface area contributed by atoms with Crippen molar-refractivity contribution in [2.75, 3.05) is 5.32 Å². The summed E-state index contributed by atoms with van der Waals surface area (Å²) in [5.74, 6) is 0. The number of fused-ring (bicyclic) bond motifs is 3. The number of hydrogen-bond acceptors (Lipinski definition) is 3. The van der Waals surface area contributed by atoms with Gasteiger partial charge < -0.3 is 5.32 Å². The molecule has 0 bridgehead atoms. The summed E-state index contributed by atoms with van der Waals surface area (Å²) in [4.78, 5) is 4.05. The predicted molar refractivity (Wildman–Crippen MR) is 113 cm³/mol. The fourth-order valence-corrected chi connectivity index (χ4v) is 4.19.